The first-order valence-corrected chi connectivity index (χ1v) is 9.37. The van der Waals surface area contributed by atoms with Crippen LogP contribution in [0.15, 0.2) is 23.1 Å². The minimum absolute atomic E-state index is 0.389. The number of hydrogen-bond donors (Lipinski definition) is 2. The van der Waals surface area contributed by atoms with Gasteiger partial charge in [0, 0.05) is 6.54 Å². The standard InChI is InChI=1S/C16H26N2O2S/c1-3-14-7-8-16(10-15(14)4-2)21(19,20)18-12-13-6-5-9-17-11-13/h7-8,10,13,17-18H,3-6,9,11-12H2,1-2H3. The van der Waals surface area contributed by atoms with Crippen LogP contribution in [0.4, 0.5) is 0 Å². The molecule has 1 aliphatic rings. The highest BCUT2D eigenvalue weighted by molar-refractivity contribution is 7.89. The average Bonchev–Trinajstić information content (AvgIpc) is 2.53. The van der Waals surface area contributed by atoms with Gasteiger partial charge in [-0.2, -0.15) is 0 Å². The van der Waals surface area contributed by atoms with Crippen LogP contribution in [-0.4, -0.2) is 28.1 Å². The number of hydrogen-bond acceptors (Lipinski definition) is 3. The highest BCUT2D eigenvalue weighted by Gasteiger charge is 2.19. The van der Waals surface area contributed by atoms with Crippen molar-refractivity contribution >= 4 is 10.0 Å². The molecule has 0 bridgehead atoms. The zero-order chi connectivity index (χ0) is 15.3. The molecule has 0 radical (unpaired) electrons. The minimum Gasteiger partial charge on any atom is -0.316 e. The number of sulfonamides is 1. The highest BCUT2D eigenvalue weighted by Crippen LogP contribution is 2.18. The van der Waals surface area contributed by atoms with Crippen LogP contribution in [-0.2, 0) is 22.9 Å². The number of aryl methyl sites for hydroxylation is 2. The van der Waals surface area contributed by atoms with Gasteiger partial charge in [-0.3, -0.25) is 0 Å². The van der Waals surface area contributed by atoms with E-state index in [1.165, 1.54) is 5.56 Å². The van der Waals surface area contributed by atoms with Crippen LogP contribution in [0.3, 0.4) is 0 Å². The van der Waals surface area contributed by atoms with Gasteiger partial charge in [0.2, 0.25) is 10.0 Å². The van der Waals surface area contributed by atoms with Crippen molar-refractivity contribution in [2.45, 2.75) is 44.4 Å². The Balaban J connectivity index is 2.07. The zero-order valence-corrected chi connectivity index (χ0v) is 13.8. The van der Waals surface area contributed by atoms with E-state index in [4.69, 9.17) is 0 Å². The molecule has 0 aliphatic carbocycles. The van der Waals surface area contributed by atoms with E-state index in [2.05, 4.69) is 23.9 Å². The molecule has 0 saturated carbocycles. The molecule has 4 nitrogen and oxygen atoms in total. The summed E-state index contributed by atoms with van der Waals surface area (Å²) >= 11 is 0. The Bertz CT molecular complexity index is 564. The van der Waals surface area contributed by atoms with Crippen molar-refractivity contribution in [2.75, 3.05) is 19.6 Å². The van der Waals surface area contributed by atoms with E-state index in [-0.39, 0.29) is 0 Å². The third-order valence-electron chi connectivity index (χ3n) is 4.21. The lowest BCUT2D eigenvalue weighted by Crippen LogP contribution is -2.38. The van der Waals surface area contributed by atoms with Crippen molar-refractivity contribution in [3.05, 3.63) is 29.3 Å². The van der Waals surface area contributed by atoms with Gasteiger partial charge >= 0.3 is 0 Å². The molecule has 1 heterocycles. The summed E-state index contributed by atoms with van der Waals surface area (Å²) in [6.45, 7) is 6.62. The molecule has 1 fully saturated rings. The van der Waals surface area contributed by atoms with Crippen molar-refractivity contribution in [1.82, 2.24) is 10.0 Å². The van der Waals surface area contributed by atoms with Gasteiger partial charge in [-0.1, -0.05) is 19.9 Å². The second-order valence-electron chi connectivity index (χ2n) is 5.70. The van der Waals surface area contributed by atoms with E-state index in [1.807, 2.05) is 12.1 Å². The van der Waals surface area contributed by atoms with E-state index < -0.39 is 10.0 Å². The summed E-state index contributed by atoms with van der Waals surface area (Å²) in [7, 11) is -3.40. The summed E-state index contributed by atoms with van der Waals surface area (Å²) in [6, 6.07) is 5.48. The van der Waals surface area contributed by atoms with Crippen molar-refractivity contribution in [3.63, 3.8) is 0 Å². The first-order valence-electron chi connectivity index (χ1n) is 7.89. The molecule has 1 unspecified atom stereocenters. The van der Waals surface area contributed by atoms with Crippen LogP contribution >= 0.6 is 0 Å². The Kier molecular flexibility index (Phi) is 5.79. The van der Waals surface area contributed by atoms with Gasteiger partial charge in [0.15, 0.2) is 0 Å². The minimum atomic E-state index is -3.40. The molecule has 118 valence electrons. The maximum Gasteiger partial charge on any atom is 0.240 e. The summed E-state index contributed by atoms with van der Waals surface area (Å²) in [4.78, 5) is 0.389. The van der Waals surface area contributed by atoms with Crippen LogP contribution in [0.2, 0.25) is 0 Å². The zero-order valence-electron chi connectivity index (χ0n) is 13.0. The molecule has 1 saturated heterocycles. The maximum atomic E-state index is 12.4. The lowest BCUT2D eigenvalue weighted by atomic mass is 10.0. The van der Waals surface area contributed by atoms with Gasteiger partial charge < -0.3 is 5.32 Å². The fraction of sp³-hybridized carbons (Fsp3) is 0.625. The first kappa shape index (κ1) is 16.5. The van der Waals surface area contributed by atoms with E-state index in [1.54, 1.807) is 6.07 Å². The van der Waals surface area contributed by atoms with E-state index in [0.29, 0.717) is 17.4 Å². The molecule has 2 rings (SSSR count). The molecule has 1 aliphatic heterocycles. The molecule has 5 heteroatoms. The van der Waals surface area contributed by atoms with E-state index >= 15 is 0 Å². The predicted molar refractivity (Wildman–Crippen MR) is 86.0 cm³/mol. The molecular formula is C16H26N2O2S. The summed E-state index contributed by atoms with van der Waals surface area (Å²) in [5.41, 5.74) is 2.35. The summed E-state index contributed by atoms with van der Waals surface area (Å²) in [5.74, 6) is 0.397. The number of nitrogens with one attached hydrogen (secondary N) is 2. The molecular weight excluding hydrogens is 284 g/mol. The normalized spacial score (nSPS) is 19.6. The fourth-order valence-electron chi connectivity index (χ4n) is 2.85. The summed E-state index contributed by atoms with van der Waals surface area (Å²) < 4.78 is 27.6. The number of piperidine rings is 1. The third kappa shape index (κ3) is 4.28. The van der Waals surface area contributed by atoms with E-state index in [9.17, 15) is 8.42 Å². The lowest BCUT2D eigenvalue weighted by molar-refractivity contribution is 0.376. The van der Waals surface area contributed by atoms with Crippen LogP contribution < -0.4 is 10.0 Å². The Morgan fingerprint density at radius 2 is 2.00 bits per heavy atom. The Morgan fingerprint density at radius 3 is 2.62 bits per heavy atom. The summed E-state index contributed by atoms with van der Waals surface area (Å²) in [6.07, 6.45) is 4.01. The highest BCUT2D eigenvalue weighted by atomic mass is 32.2. The van der Waals surface area contributed by atoms with Crippen LogP contribution in [0.5, 0.6) is 0 Å². The largest absolute Gasteiger partial charge is 0.316 e. The molecule has 1 atom stereocenters. The predicted octanol–water partition coefficient (Wildman–Crippen LogP) is 2.09. The quantitative estimate of drug-likeness (QED) is 0.846. The number of benzene rings is 1. The SMILES string of the molecule is CCc1ccc(S(=O)(=O)NCC2CCCNC2)cc1CC. The summed E-state index contributed by atoms with van der Waals surface area (Å²) in [5, 5.41) is 3.31. The van der Waals surface area contributed by atoms with Gasteiger partial charge in [-0.15, -0.1) is 0 Å². The first-order chi connectivity index (χ1) is 10.1. The second-order valence-corrected chi connectivity index (χ2v) is 7.47. The Hall–Kier alpha value is -0.910. The molecule has 1 aromatic carbocycles. The molecule has 0 amide bonds. The van der Waals surface area contributed by atoms with Crippen molar-refractivity contribution in [1.29, 1.82) is 0 Å². The van der Waals surface area contributed by atoms with E-state index in [0.717, 1.165) is 44.3 Å². The Labute approximate surface area is 128 Å². The maximum absolute atomic E-state index is 12.4. The second kappa shape index (κ2) is 7.38. The van der Waals surface area contributed by atoms with Crippen molar-refractivity contribution in [2.24, 2.45) is 5.92 Å². The van der Waals surface area contributed by atoms with Gasteiger partial charge in [-0.05, 0) is 68.0 Å². The smallest absolute Gasteiger partial charge is 0.240 e. The molecule has 21 heavy (non-hydrogen) atoms. The van der Waals surface area contributed by atoms with Gasteiger partial charge in [0.1, 0.15) is 0 Å². The topological polar surface area (TPSA) is 58.2 Å². The van der Waals surface area contributed by atoms with Gasteiger partial charge in [0.05, 0.1) is 4.90 Å². The molecule has 2 N–H and O–H groups in total. The monoisotopic (exact) mass is 310 g/mol. The fourth-order valence-corrected chi connectivity index (χ4v) is 4.02. The van der Waals surface area contributed by atoms with Crippen LogP contribution in [0, 0.1) is 5.92 Å². The molecule has 0 spiro atoms. The van der Waals surface area contributed by atoms with Crippen LogP contribution in [0.25, 0.3) is 0 Å². The van der Waals surface area contributed by atoms with Gasteiger partial charge in [0.25, 0.3) is 0 Å². The average molecular weight is 310 g/mol. The molecule has 1 aromatic rings. The lowest BCUT2D eigenvalue weighted by Gasteiger charge is -2.23. The van der Waals surface area contributed by atoms with Crippen molar-refractivity contribution < 1.29 is 8.42 Å². The third-order valence-corrected chi connectivity index (χ3v) is 5.63. The van der Waals surface area contributed by atoms with Gasteiger partial charge in [-0.25, -0.2) is 13.1 Å². The molecule has 0 aromatic heterocycles. The number of rotatable bonds is 6. The van der Waals surface area contributed by atoms with Crippen molar-refractivity contribution in [3.8, 4) is 0 Å². The van der Waals surface area contributed by atoms with Crippen LogP contribution in [0.1, 0.15) is 37.8 Å². The Morgan fingerprint density at radius 1 is 1.24 bits per heavy atom.